The lowest BCUT2D eigenvalue weighted by atomic mass is 10.1. The van der Waals surface area contributed by atoms with Gasteiger partial charge in [0.1, 0.15) is 15.7 Å². The lowest BCUT2D eigenvalue weighted by Crippen LogP contribution is -2.25. The summed E-state index contributed by atoms with van der Waals surface area (Å²) in [5, 5.41) is 4.23. The summed E-state index contributed by atoms with van der Waals surface area (Å²) < 4.78 is 0. The third kappa shape index (κ3) is 3.41. The van der Waals surface area contributed by atoms with E-state index in [1.807, 2.05) is 38.1 Å². The van der Waals surface area contributed by atoms with E-state index in [1.54, 1.807) is 11.3 Å². The van der Waals surface area contributed by atoms with Gasteiger partial charge in [-0.2, -0.15) is 0 Å². The van der Waals surface area contributed by atoms with Crippen molar-refractivity contribution in [3.63, 3.8) is 0 Å². The molecule has 0 spiro atoms. The van der Waals surface area contributed by atoms with Crippen LogP contribution in [0.15, 0.2) is 34.7 Å². The molecule has 3 rings (SSSR count). The fraction of sp³-hybridized carbons (Fsp3) is 0.235. The van der Waals surface area contributed by atoms with Gasteiger partial charge >= 0.3 is 0 Å². The molecule has 24 heavy (non-hydrogen) atoms. The number of nitrogens with zero attached hydrogens (tertiary/aromatic N) is 2. The number of halogens is 1. The third-order valence-corrected chi connectivity index (χ3v) is 6.10. The summed E-state index contributed by atoms with van der Waals surface area (Å²) >= 11 is 8.97. The highest BCUT2D eigenvalue weighted by Crippen LogP contribution is 2.40. The van der Waals surface area contributed by atoms with Crippen LogP contribution in [0.25, 0.3) is 21.3 Å². The van der Waals surface area contributed by atoms with E-state index in [2.05, 4.69) is 15.3 Å². The number of rotatable bonds is 5. The second-order valence-corrected chi connectivity index (χ2v) is 7.82. The average molecular weight is 378 g/mol. The number of fused-ring (bicyclic) bond motifs is 1. The Morgan fingerprint density at radius 3 is 2.67 bits per heavy atom. The van der Waals surface area contributed by atoms with Gasteiger partial charge in [0, 0.05) is 16.0 Å². The number of thioether (sulfide) groups is 1. The molecule has 2 heterocycles. The van der Waals surface area contributed by atoms with Gasteiger partial charge in [-0.15, -0.1) is 11.3 Å². The van der Waals surface area contributed by atoms with Crippen LogP contribution in [0.4, 0.5) is 0 Å². The summed E-state index contributed by atoms with van der Waals surface area (Å²) in [5.41, 5.74) is 7.60. The number of thiophene rings is 1. The van der Waals surface area contributed by atoms with Crippen molar-refractivity contribution in [1.82, 2.24) is 9.97 Å². The van der Waals surface area contributed by atoms with Crippen molar-refractivity contribution >= 4 is 50.8 Å². The number of primary amides is 1. The maximum atomic E-state index is 11.6. The van der Waals surface area contributed by atoms with Crippen LogP contribution in [0.5, 0.6) is 0 Å². The zero-order valence-electron chi connectivity index (χ0n) is 13.2. The molecule has 1 aromatic carbocycles. The lowest BCUT2D eigenvalue weighted by molar-refractivity contribution is -0.117. The fourth-order valence-electron chi connectivity index (χ4n) is 2.42. The number of hydrogen-bond acceptors (Lipinski definition) is 5. The minimum absolute atomic E-state index is 0.305. The Morgan fingerprint density at radius 1 is 1.33 bits per heavy atom. The first-order chi connectivity index (χ1) is 11.5. The van der Waals surface area contributed by atoms with Crippen LogP contribution in [0, 0.1) is 6.92 Å². The van der Waals surface area contributed by atoms with E-state index in [0.29, 0.717) is 17.3 Å². The molecule has 2 N–H and O–H groups in total. The molecule has 0 saturated carbocycles. The molecule has 7 heteroatoms. The lowest BCUT2D eigenvalue weighted by Gasteiger charge is -2.12. The van der Waals surface area contributed by atoms with Gasteiger partial charge in [-0.25, -0.2) is 9.97 Å². The number of benzene rings is 1. The van der Waals surface area contributed by atoms with Gasteiger partial charge in [0.2, 0.25) is 5.91 Å². The largest absolute Gasteiger partial charge is 0.369 e. The highest BCUT2D eigenvalue weighted by Gasteiger charge is 2.20. The number of aromatic nitrogens is 2. The number of nitrogens with two attached hydrogens (primary N) is 1. The Bertz CT molecular complexity index is 893. The molecule has 3 aromatic rings. The Hall–Kier alpha value is -1.63. The Labute approximate surface area is 153 Å². The van der Waals surface area contributed by atoms with Crippen LogP contribution in [0.2, 0.25) is 5.02 Å². The first-order valence-corrected chi connectivity index (χ1v) is 9.61. The molecule has 0 aliphatic carbocycles. The minimum Gasteiger partial charge on any atom is -0.369 e. The molecular formula is C17H16ClN3OS2. The predicted octanol–water partition coefficient (Wildman–Crippen LogP) is 4.68. The van der Waals surface area contributed by atoms with Gasteiger partial charge in [-0.3, -0.25) is 4.79 Å². The van der Waals surface area contributed by atoms with E-state index >= 15 is 0 Å². The van der Waals surface area contributed by atoms with Crippen molar-refractivity contribution in [2.24, 2.45) is 5.73 Å². The van der Waals surface area contributed by atoms with E-state index in [4.69, 9.17) is 17.3 Å². The first kappa shape index (κ1) is 17.2. The highest BCUT2D eigenvalue weighted by molar-refractivity contribution is 8.00. The predicted molar refractivity (Wildman–Crippen MR) is 102 cm³/mol. The normalized spacial score (nSPS) is 12.5. The summed E-state index contributed by atoms with van der Waals surface area (Å²) in [6, 6.07) is 7.67. The summed E-state index contributed by atoms with van der Waals surface area (Å²) in [7, 11) is 0. The van der Waals surface area contributed by atoms with E-state index in [-0.39, 0.29) is 11.2 Å². The molecule has 1 unspecified atom stereocenters. The Kier molecular flexibility index (Phi) is 5.08. The molecule has 0 aliphatic rings. The zero-order chi connectivity index (χ0) is 17.3. The SMILES string of the molecule is CCC(Sc1nc(C)nc2scc(-c3ccc(Cl)cc3)c12)C(N)=O. The molecule has 0 bridgehead atoms. The highest BCUT2D eigenvalue weighted by atomic mass is 35.5. The maximum Gasteiger partial charge on any atom is 0.230 e. The zero-order valence-corrected chi connectivity index (χ0v) is 15.6. The number of aryl methyl sites for hydroxylation is 1. The van der Waals surface area contributed by atoms with Crippen molar-refractivity contribution in [2.75, 3.05) is 0 Å². The summed E-state index contributed by atoms with van der Waals surface area (Å²) in [6.07, 6.45) is 0.658. The van der Waals surface area contributed by atoms with Crippen molar-refractivity contribution in [3.8, 4) is 11.1 Å². The summed E-state index contributed by atoms with van der Waals surface area (Å²) in [6.45, 7) is 3.80. The van der Waals surface area contributed by atoms with Crippen LogP contribution in [0.3, 0.4) is 0 Å². The molecule has 1 amide bonds. The van der Waals surface area contributed by atoms with Gasteiger partial charge in [-0.1, -0.05) is 42.4 Å². The maximum absolute atomic E-state index is 11.6. The van der Waals surface area contributed by atoms with Crippen LogP contribution >= 0.6 is 34.7 Å². The Morgan fingerprint density at radius 2 is 2.04 bits per heavy atom. The van der Waals surface area contributed by atoms with Crippen LogP contribution in [-0.2, 0) is 4.79 Å². The standard InChI is InChI=1S/C17H16ClN3OS2/c1-3-13(15(19)22)24-17-14-12(10-4-6-11(18)7-5-10)8-23-16(14)20-9(2)21-17/h4-8,13H,3H2,1-2H3,(H2,19,22). The fourth-order valence-corrected chi connectivity index (χ4v) is 4.66. The molecule has 1 atom stereocenters. The quantitative estimate of drug-likeness (QED) is 0.518. The Balaban J connectivity index is 2.15. The third-order valence-electron chi connectivity index (χ3n) is 3.61. The van der Waals surface area contributed by atoms with E-state index in [9.17, 15) is 4.79 Å². The topological polar surface area (TPSA) is 68.9 Å². The molecular weight excluding hydrogens is 362 g/mol. The summed E-state index contributed by atoms with van der Waals surface area (Å²) in [5.74, 6) is 0.365. The van der Waals surface area contributed by atoms with Gasteiger partial charge in [0.15, 0.2) is 0 Å². The molecule has 0 radical (unpaired) electrons. The molecule has 4 nitrogen and oxygen atoms in total. The van der Waals surface area contributed by atoms with Crippen molar-refractivity contribution < 1.29 is 4.79 Å². The smallest absolute Gasteiger partial charge is 0.230 e. The average Bonchev–Trinajstić information content (AvgIpc) is 2.96. The molecule has 124 valence electrons. The van der Waals surface area contributed by atoms with E-state index < -0.39 is 0 Å². The van der Waals surface area contributed by atoms with E-state index in [0.717, 1.165) is 26.4 Å². The van der Waals surface area contributed by atoms with Gasteiger partial charge < -0.3 is 5.73 Å². The molecule has 0 saturated heterocycles. The van der Waals surface area contributed by atoms with Crippen molar-refractivity contribution in [1.29, 1.82) is 0 Å². The number of carbonyl (C=O) groups excluding carboxylic acids is 1. The van der Waals surface area contributed by atoms with Gasteiger partial charge in [0.25, 0.3) is 0 Å². The molecule has 2 aromatic heterocycles. The monoisotopic (exact) mass is 377 g/mol. The van der Waals surface area contributed by atoms with Gasteiger partial charge in [0.05, 0.1) is 10.6 Å². The van der Waals surface area contributed by atoms with Crippen LogP contribution in [0.1, 0.15) is 19.2 Å². The molecule has 0 fully saturated rings. The van der Waals surface area contributed by atoms with E-state index in [1.165, 1.54) is 11.8 Å². The van der Waals surface area contributed by atoms with Crippen LogP contribution < -0.4 is 5.73 Å². The molecule has 0 aliphatic heterocycles. The second-order valence-electron chi connectivity index (χ2n) is 5.33. The summed E-state index contributed by atoms with van der Waals surface area (Å²) in [4.78, 5) is 21.6. The first-order valence-electron chi connectivity index (χ1n) is 7.47. The van der Waals surface area contributed by atoms with Crippen molar-refractivity contribution in [3.05, 3.63) is 40.5 Å². The number of hydrogen-bond donors (Lipinski definition) is 1. The second kappa shape index (κ2) is 7.09. The number of carbonyl (C=O) groups is 1. The van der Waals surface area contributed by atoms with Crippen molar-refractivity contribution in [2.45, 2.75) is 30.5 Å². The van der Waals surface area contributed by atoms with Crippen LogP contribution in [-0.4, -0.2) is 21.1 Å². The minimum atomic E-state index is -0.324. The number of amides is 1. The van der Waals surface area contributed by atoms with Gasteiger partial charge in [-0.05, 0) is 31.0 Å².